The molecule has 0 spiro atoms. The van der Waals surface area contributed by atoms with E-state index in [1.807, 2.05) is 42.6 Å². The number of allylic oxidation sites excluding steroid dienone is 1. The quantitative estimate of drug-likeness (QED) is 0.601. The van der Waals surface area contributed by atoms with Gasteiger partial charge in [-0.1, -0.05) is 24.3 Å². The number of hydrogen-bond donors (Lipinski definition) is 0. The van der Waals surface area contributed by atoms with Gasteiger partial charge in [0.05, 0.1) is 12.8 Å². The highest BCUT2D eigenvalue weighted by Crippen LogP contribution is 2.33. The summed E-state index contributed by atoms with van der Waals surface area (Å²) in [5.74, 6) is 0.387. The number of methoxy groups -OCH3 is 1. The van der Waals surface area contributed by atoms with E-state index in [9.17, 15) is 4.39 Å². The van der Waals surface area contributed by atoms with E-state index in [0.29, 0.717) is 11.3 Å². The van der Waals surface area contributed by atoms with Gasteiger partial charge >= 0.3 is 0 Å². The standard InChI is InChI=1S/C24H21FN2O/c1-28-23-11-10-17(15-21(23)20-8-2-3-9-22(20)25)14-18-6-5-13-27-24(18)19-7-4-12-26-16-19/h2-4,7-12,14-16H,5-6,13H2,1H3. The Hall–Kier alpha value is -3.27. The van der Waals surface area contributed by atoms with Crippen LogP contribution >= 0.6 is 0 Å². The third-order valence-corrected chi connectivity index (χ3v) is 4.84. The second-order valence-corrected chi connectivity index (χ2v) is 6.68. The van der Waals surface area contributed by atoms with E-state index in [1.54, 1.807) is 25.4 Å². The molecule has 0 N–H and O–H groups in total. The summed E-state index contributed by atoms with van der Waals surface area (Å²) >= 11 is 0. The van der Waals surface area contributed by atoms with E-state index < -0.39 is 0 Å². The SMILES string of the molecule is COc1ccc(C=C2CCCN=C2c2cccnc2)cc1-c1ccccc1F. The molecule has 4 rings (SSSR count). The van der Waals surface area contributed by atoms with Gasteiger partial charge in [-0.05, 0) is 60.4 Å². The minimum Gasteiger partial charge on any atom is -0.496 e. The first-order chi connectivity index (χ1) is 13.8. The van der Waals surface area contributed by atoms with Crippen LogP contribution in [0, 0.1) is 5.82 Å². The average Bonchev–Trinajstić information content (AvgIpc) is 2.75. The molecule has 0 unspecified atom stereocenters. The maximum Gasteiger partial charge on any atom is 0.131 e. The van der Waals surface area contributed by atoms with Crippen LogP contribution in [0.1, 0.15) is 24.0 Å². The Morgan fingerprint density at radius 1 is 1.04 bits per heavy atom. The van der Waals surface area contributed by atoms with Gasteiger partial charge in [0.15, 0.2) is 0 Å². The van der Waals surface area contributed by atoms with Gasteiger partial charge in [0, 0.05) is 35.6 Å². The normalized spacial score (nSPS) is 15.4. The topological polar surface area (TPSA) is 34.5 Å². The molecule has 2 heterocycles. The minimum atomic E-state index is -0.263. The van der Waals surface area contributed by atoms with Gasteiger partial charge in [-0.25, -0.2) is 4.39 Å². The molecule has 0 fully saturated rings. The van der Waals surface area contributed by atoms with E-state index in [2.05, 4.69) is 11.1 Å². The lowest BCUT2D eigenvalue weighted by Gasteiger charge is -2.17. The summed E-state index contributed by atoms with van der Waals surface area (Å²) in [6.45, 7) is 0.824. The van der Waals surface area contributed by atoms with E-state index in [-0.39, 0.29) is 5.82 Å². The zero-order valence-corrected chi connectivity index (χ0v) is 15.7. The Kier molecular flexibility index (Phi) is 5.29. The lowest BCUT2D eigenvalue weighted by molar-refractivity contribution is 0.416. The number of aromatic nitrogens is 1. The number of nitrogens with zero attached hydrogens (tertiary/aromatic N) is 2. The monoisotopic (exact) mass is 372 g/mol. The summed E-state index contributed by atoms with van der Waals surface area (Å²) in [7, 11) is 1.60. The molecule has 3 nitrogen and oxygen atoms in total. The highest BCUT2D eigenvalue weighted by molar-refractivity contribution is 6.15. The van der Waals surface area contributed by atoms with Crippen LogP contribution in [0.2, 0.25) is 0 Å². The van der Waals surface area contributed by atoms with Crippen molar-refractivity contribution < 1.29 is 9.13 Å². The largest absolute Gasteiger partial charge is 0.496 e. The van der Waals surface area contributed by atoms with E-state index >= 15 is 0 Å². The lowest BCUT2D eigenvalue weighted by Crippen LogP contribution is -2.11. The zero-order chi connectivity index (χ0) is 19.3. The van der Waals surface area contributed by atoms with Crippen molar-refractivity contribution in [1.29, 1.82) is 0 Å². The predicted molar refractivity (Wildman–Crippen MR) is 111 cm³/mol. The van der Waals surface area contributed by atoms with Crippen LogP contribution in [0.4, 0.5) is 4.39 Å². The molecule has 0 amide bonds. The molecule has 1 aliphatic heterocycles. The summed E-state index contributed by atoms with van der Waals surface area (Å²) in [6.07, 6.45) is 7.71. The Bertz CT molecular complexity index is 1040. The van der Waals surface area contributed by atoms with Crippen molar-refractivity contribution in [3.05, 3.63) is 89.5 Å². The first-order valence-electron chi connectivity index (χ1n) is 9.35. The van der Waals surface area contributed by atoms with Gasteiger partial charge in [-0.15, -0.1) is 0 Å². The highest BCUT2D eigenvalue weighted by atomic mass is 19.1. The minimum absolute atomic E-state index is 0.263. The van der Waals surface area contributed by atoms with Crippen molar-refractivity contribution >= 4 is 11.8 Å². The first-order valence-corrected chi connectivity index (χ1v) is 9.35. The van der Waals surface area contributed by atoms with Crippen molar-refractivity contribution in [2.45, 2.75) is 12.8 Å². The third-order valence-electron chi connectivity index (χ3n) is 4.84. The zero-order valence-electron chi connectivity index (χ0n) is 15.7. The molecule has 3 aromatic rings. The summed E-state index contributed by atoms with van der Waals surface area (Å²) in [6, 6.07) is 16.6. The fourth-order valence-corrected chi connectivity index (χ4v) is 3.51. The Morgan fingerprint density at radius 3 is 2.71 bits per heavy atom. The molecule has 0 radical (unpaired) electrons. The average molecular weight is 372 g/mol. The maximum atomic E-state index is 14.4. The Labute approximate surface area is 164 Å². The smallest absolute Gasteiger partial charge is 0.131 e. The second kappa shape index (κ2) is 8.17. The van der Waals surface area contributed by atoms with Crippen LogP contribution in [0.25, 0.3) is 17.2 Å². The molecule has 0 atom stereocenters. The fraction of sp³-hybridized carbons (Fsp3) is 0.167. The third kappa shape index (κ3) is 3.72. The molecule has 0 saturated carbocycles. The van der Waals surface area contributed by atoms with Crippen LogP contribution < -0.4 is 4.74 Å². The van der Waals surface area contributed by atoms with Crippen molar-refractivity contribution in [2.24, 2.45) is 4.99 Å². The highest BCUT2D eigenvalue weighted by Gasteiger charge is 2.15. The van der Waals surface area contributed by atoms with Crippen LogP contribution in [0.5, 0.6) is 5.75 Å². The summed E-state index contributed by atoms with van der Waals surface area (Å²) in [5, 5.41) is 0. The van der Waals surface area contributed by atoms with Gasteiger partial charge in [0.1, 0.15) is 11.6 Å². The van der Waals surface area contributed by atoms with Crippen LogP contribution in [0.15, 0.2) is 77.6 Å². The number of aliphatic imine (C=N–C) groups is 1. The number of ether oxygens (including phenoxy) is 1. The van der Waals surface area contributed by atoms with Crippen molar-refractivity contribution in [1.82, 2.24) is 4.98 Å². The number of pyridine rings is 1. The molecule has 1 aliphatic rings. The predicted octanol–water partition coefficient (Wildman–Crippen LogP) is 5.56. The van der Waals surface area contributed by atoms with Crippen LogP contribution in [-0.2, 0) is 0 Å². The van der Waals surface area contributed by atoms with Crippen molar-refractivity contribution in [3.63, 3.8) is 0 Å². The van der Waals surface area contributed by atoms with Crippen molar-refractivity contribution in [3.8, 4) is 16.9 Å². The molecule has 1 aromatic heterocycles. The van der Waals surface area contributed by atoms with Gasteiger partial charge in [0.25, 0.3) is 0 Å². The molecular formula is C24H21FN2O. The number of hydrogen-bond acceptors (Lipinski definition) is 3. The van der Waals surface area contributed by atoms with Gasteiger partial charge in [-0.2, -0.15) is 0 Å². The van der Waals surface area contributed by atoms with Gasteiger partial charge in [0.2, 0.25) is 0 Å². The molecule has 0 bridgehead atoms. The molecule has 140 valence electrons. The lowest BCUT2D eigenvalue weighted by atomic mass is 9.93. The molecule has 28 heavy (non-hydrogen) atoms. The second-order valence-electron chi connectivity index (χ2n) is 6.68. The maximum absolute atomic E-state index is 14.4. The summed E-state index contributed by atoms with van der Waals surface area (Å²) in [4.78, 5) is 8.95. The first kappa shape index (κ1) is 18.1. The molecule has 2 aromatic carbocycles. The number of rotatable bonds is 4. The Balaban J connectivity index is 1.77. The van der Waals surface area contributed by atoms with E-state index in [4.69, 9.17) is 9.73 Å². The van der Waals surface area contributed by atoms with Crippen molar-refractivity contribution in [2.75, 3.05) is 13.7 Å². The number of halogens is 1. The van der Waals surface area contributed by atoms with Crippen LogP contribution in [-0.4, -0.2) is 24.4 Å². The van der Waals surface area contributed by atoms with Crippen LogP contribution in [0.3, 0.4) is 0 Å². The number of benzene rings is 2. The van der Waals surface area contributed by atoms with Gasteiger partial charge in [-0.3, -0.25) is 9.98 Å². The molecule has 0 aliphatic carbocycles. The molecule has 4 heteroatoms. The molecule has 0 saturated heterocycles. The summed E-state index contributed by atoms with van der Waals surface area (Å²) < 4.78 is 19.8. The van der Waals surface area contributed by atoms with Gasteiger partial charge < -0.3 is 4.74 Å². The fourth-order valence-electron chi connectivity index (χ4n) is 3.51. The van der Waals surface area contributed by atoms with E-state index in [0.717, 1.165) is 41.8 Å². The Morgan fingerprint density at radius 2 is 1.93 bits per heavy atom. The van der Waals surface area contributed by atoms with E-state index in [1.165, 1.54) is 11.6 Å². The molecular weight excluding hydrogens is 351 g/mol. The summed E-state index contributed by atoms with van der Waals surface area (Å²) in [5.41, 5.74) is 5.45.